The molecule has 7 rings (SSSR count). The number of nitrogens with zero attached hydrogens (tertiary/aromatic N) is 5. The number of imidazole rings is 1. The summed E-state index contributed by atoms with van der Waals surface area (Å²) < 4.78 is 5.42. The zero-order valence-corrected chi connectivity index (χ0v) is 22.3. The molecule has 1 saturated carbocycles. The van der Waals surface area contributed by atoms with E-state index in [1.165, 1.54) is 25.7 Å². The van der Waals surface area contributed by atoms with E-state index < -0.39 is 0 Å². The minimum atomic E-state index is 0.608. The minimum Gasteiger partial charge on any atom is -0.497 e. The van der Waals surface area contributed by atoms with Crippen LogP contribution in [0.5, 0.6) is 5.75 Å². The van der Waals surface area contributed by atoms with Crippen molar-refractivity contribution < 1.29 is 4.74 Å². The lowest BCUT2D eigenvalue weighted by Crippen LogP contribution is -2.20. The maximum absolute atomic E-state index is 5.42. The molecule has 3 N–H and O–H groups in total. The van der Waals surface area contributed by atoms with Gasteiger partial charge in [0.15, 0.2) is 17.2 Å². The summed E-state index contributed by atoms with van der Waals surface area (Å²) in [6.45, 7) is 1.87. The van der Waals surface area contributed by atoms with Crippen molar-refractivity contribution in [2.24, 2.45) is 5.92 Å². The van der Waals surface area contributed by atoms with E-state index in [2.05, 4.69) is 36.5 Å². The van der Waals surface area contributed by atoms with Gasteiger partial charge in [-0.05, 0) is 72.8 Å². The first kappa shape index (κ1) is 24.4. The zero-order valence-electron chi connectivity index (χ0n) is 22.3. The largest absolute Gasteiger partial charge is 0.497 e. The SMILES string of the molecule is COc1cccc(-c2ccnc3nc(-c4n[nH]c5ccc(-c6cncc(CNCC7CCCC7)c6)nc45)[nH]c23)c1. The van der Waals surface area contributed by atoms with Gasteiger partial charge in [-0.2, -0.15) is 5.10 Å². The van der Waals surface area contributed by atoms with Crippen molar-refractivity contribution in [2.75, 3.05) is 13.7 Å². The lowest BCUT2D eigenvalue weighted by atomic mass is 10.1. The van der Waals surface area contributed by atoms with Gasteiger partial charge in [-0.15, -0.1) is 0 Å². The van der Waals surface area contributed by atoms with Gasteiger partial charge in [0, 0.05) is 36.3 Å². The number of hydrogen-bond acceptors (Lipinski definition) is 7. The molecule has 200 valence electrons. The van der Waals surface area contributed by atoms with E-state index in [1.54, 1.807) is 13.3 Å². The second-order valence-corrected chi connectivity index (χ2v) is 10.4. The highest BCUT2D eigenvalue weighted by Crippen LogP contribution is 2.32. The van der Waals surface area contributed by atoms with Gasteiger partial charge in [-0.1, -0.05) is 25.0 Å². The van der Waals surface area contributed by atoms with Gasteiger partial charge >= 0.3 is 0 Å². The van der Waals surface area contributed by atoms with Gasteiger partial charge < -0.3 is 15.0 Å². The van der Waals surface area contributed by atoms with E-state index in [1.807, 2.05) is 54.9 Å². The number of ether oxygens (including phenoxy) is 1. The number of nitrogens with one attached hydrogen (secondary N) is 3. The molecule has 5 aromatic heterocycles. The first-order valence-corrected chi connectivity index (χ1v) is 13.7. The smallest absolute Gasteiger partial charge is 0.178 e. The molecule has 0 amide bonds. The Kier molecular flexibility index (Phi) is 6.41. The van der Waals surface area contributed by atoms with E-state index in [4.69, 9.17) is 14.7 Å². The van der Waals surface area contributed by atoms with Crippen molar-refractivity contribution in [2.45, 2.75) is 32.2 Å². The van der Waals surface area contributed by atoms with Gasteiger partial charge in [-0.25, -0.2) is 15.0 Å². The van der Waals surface area contributed by atoms with Crippen LogP contribution < -0.4 is 10.1 Å². The quantitative estimate of drug-likeness (QED) is 0.224. The number of pyridine rings is 3. The summed E-state index contributed by atoms with van der Waals surface area (Å²) in [7, 11) is 1.67. The second kappa shape index (κ2) is 10.5. The van der Waals surface area contributed by atoms with Crippen LogP contribution in [-0.2, 0) is 6.54 Å². The second-order valence-electron chi connectivity index (χ2n) is 10.4. The van der Waals surface area contributed by atoms with Crippen LogP contribution in [0.15, 0.2) is 67.1 Å². The first-order valence-electron chi connectivity index (χ1n) is 13.7. The highest BCUT2D eigenvalue weighted by Gasteiger charge is 2.18. The summed E-state index contributed by atoms with van der Waals surface area (Å²) >= 11 is 0. The van der Waals surface area contributed by atoms with Crippen LogP contribution in [0.2, 0.25) is 0 Å². The van der Waals surface area contributed by atoms with Crippen LogP contribution in [0, 0.1) is 5.92 Å². The van der Waals surface area contributed by atoms with Gasteiger partial charge in [0.05, 0.1) is 23.8 Å². The molecule has 40 heavy (non-hydrogen) atoms. The molecule has 0 radical (unpaired) electrons. The van der Waals surface area contributed by atoms with E-state index >= 15 is 0 Å². The van der Waals surface area contributed by atoms with Crippen molar-refractivity contribution in [1.29, 1.82) is 0 Å². The Labute approximate surface area is 231 Å². The monoisotopic (exact) mass is 530 g/mol. The van der Waals surface area contributed by atoms with Gasteiger partial charge in [0.2, 0.25) is 0 Å². The third kappa shape index (κ3) is 4.69. The lowest BCUT2D eigenvalue weighted by Gasteiger charge is -2.11. The van der Waals surface area contributed by atoms with E-state index in [-0.39, 0.29) is 0 Å². The normalized spacial score (nSPS) is 13.9. The Morgan fingerprint density at radius 1 is 1.00 bits per heavy atom. The summed E-state index contributed by atoms with van der Waals surface area (Å²) in [6.07, 6.45) is 11.0. The molecule has 1 aliphatic carbocycles. The standard InChI is InChI=1S/C31H30N8O/c1-40-23-8-4-7-21(14-23)24-11-12-34-30-27(24)36-31(37-30)29-28-26(38-39-29)10-9-25(35-28)22-13-20(17-33-18-22)16-32-15-19-5-2-3-6-19/h4,7-14,17-19,32H,2-3,5-6,15-16H2,1H3,(H,38,39)(H,34,36,37). The topological polar surface area (TPSA) is 117 Å². The molecular weight excluding hydrogens is 500 g/mol. The molecular formula is C31H30N8O. The van der Waals surface area contributed by atoms with Crippen LogP contribution >= 0.6 is 0 Å². The molecule has 6 aromatic rings. The maximum atomic E-state index is 5.42. The molecule has 0 atom stereocenters. The molecule has 0 bridgehead atoms. The minimum absolute atomic E-state index is 0.608. The Balaban J connectivity index is 1.20. The number of fused-ring (bicyclic) bond motifs is 2. The molecule has 0 saturated heterocycles. The fourth-order valence-electron chi connectivity index (χ4n) is 5.64. The molecule has 1 aliphatic rings. The highest BCUT2D eigenvalue weighted by atomic mass is 16.5. The number of aromatic amines is 2. The first-order chi connectivity index (χ1) is 19.7. The molecule has 9 heteroatoms. The third-order valence-electron chi connectivity index (χ3n) is 7.73. The Morgan fingerprint density at radius 2 is 1.93 bits per heavy atom. The Morgan fingerprint density at radius 3 is 2.83 bits per heavy atom. The van der Waals surface area contributed by atoms with Crippen LogP contribution in [0.4, 0.5) is 0 Å². The van der Waals surface area contributed by atoms with Crippen molar-refractivity contribution in [1.82, 2.24) is 40.4 Å². The molecule has 5 heterocycles. The fourth-order valence-corrected chi connectivity index (χ4v) is 5.64. The Bertz CT molecular complexity index is 1800. The van der Waals surface area contributed by atoms with E-state index in [9.17, 15) is 0 Å². The summed E-state index contributed by atoms with van der Waals surface area (Å²) in [6, 6.07) is 16.1. The van der Waals surface area contributed by atoms with Gasteiger partial charge in [0.25, 0.3) is 0 Å². The van der Waals surface area contributed by atoms with Crippen molar-refractivity contribution in [3.63, 3.8) is 0 Å². The Hall–Kier alpha value is -4.63. The molecule has 9 nitrogen and oxygen atoms in total. The maximum Gasteiger partial charge on any atom is 0.178 e. The predicted molar refractivity (Wildman–Crippen MR) is 156 cm³/mol. The molecule has 0 aliphatic heterocycles. The number of H-pyrrole nitrogens is 2. The van der Waals surface area contributed by atoms with E-state index in [0.717, 1.165) is 69.3 Å². The van der Waals surface area contributed by atoms with Crippen molar-refractivity contribution in [3.8, 4) is 39.7 Å². The summed E-state index contributed by atoms with van der Waals surface area (Å²) in [5.41, 5.74) is 8.64. The van der Waals surface area contributed by atoms with Crippen molar-refractivity contribution >= 4 is 22.2 Å². The molecule has 0 unspecified atom stereocenters. The third-order valence-corrected chi connectivity index (χ3v) is 7.73. The van der Waals surface area contributed by atoms with Crippen molar-refractivity contribution in [3.05, 3.63) is 72.7 Å². The molecule has 1 aromatic carbocycles. The summed E-state index contributed by atoms with van der Waals surface area (Å²) in [5.74, 6) is 2.21. The lowest BCUT2D eigenvalue weighted by molar-refractivity contribution is 0.415. The number of aromatic nitrogens is 7. The average molecular weight is 531 g/mol. The fraction of sp³-hybridized carbons (Fsp3) is 0.258. The number of benzene rings is 1. The average Bonchev–Trinajstić information content (AvgIpc) is 3.76. The van der Waals surface area contributed by atoms with Crippen LogP contribution in [0.1, 0.15) is 31.2 Å². The van der Waals surface area contributed by atoms with Crippen LogP contribution in [-0.4, -0.2) is 48.8 Å². The van der Waals surface area contributed by atoms with Crippen LogP contribution in [0.25, 0.3) is 56.1 Å². The number of rotatable bonds is 8. The number of hydrogen-bond donors (Lipinski definition) is 3. The molecule has 1 fully saturated rings. The summed E-state index contributed by atoms with van der Waals surface area (Å²) in [5, 5.41) is 11.3. The van der Waals surface area contributed by atoms with Crippen LogP contribution in [0.3, 0.4) is 0 Å². The molecule has 0 spiro atoms. The van der Waals surface area contributed by atoms with Gasteiger partial charge in [0.1, 0.15) is 11.3 Å². The summed E-state index contributed by atoms with van der Waals surface area (Å²) in [4.78, 5) is 22.2. The highest BCUT2D eigenvalue weighted by molar-refractivity contribution is 5.95. The zero-order chi connectivity index (χ0) is 26.9. The van der Waals surface area contributed by atoms with E-state index in [0.29, 0.717) is 17.2 Å². The predicted octanol–water partition coefficient (Wildman–Crippen LogP) is 5.91. The number of methoxy groups -OCH3 is 1. The van der Waals surface area contributed by atoms with Gasteiger partial charge in [-0.3, -0.25) is 10.1 Å².